The molecule has 0 aliphatic heterocycles. The van der Waals surface area contributed by atoms with Gasteiger partial charge in [-0.2, -0.15) is 0 Å². The number of rotatable bonds is 7. The first-order chi connectivity index (χ1) is 9.98. The lowest BCUT2D eigenvalue weighted by Crippen LogP contribution is -2.24. The molecule has 0 atom stereocenters. The van der Waals surface area contributed by atoms with Gasteiger partial charge in [-0.15, -0.1) is 11.3 Å². The third-order valence-electron chi connectivity index (χ3n) is 2.87. The molecule has 0 aliphatic rings. The maximum absolute atomic E-state index is 12.0. The van der Waals surface area contributed by atoms with E-state index in [4.69, 9.17) is 0 Å². The quantitative estimate of drug-likeness (QED) is 0.814. The Morgan fingerprint density at radius 3 is 2.38 bits per heavy atom. The normalized spacial score (nSPS) is 11.7. The summed E-state index contributed by atoms with van der Waals surface area (Å²) in [6.45, 7) is 2.91. The monoisotopic (exact) mass is 325 g/mol. The summed E-state index contributed by atoms with van der Waals surface area (Å²) in [6.07, 6.45) is 0. The molecule has 1 aromatic carbocycles. The van der Waals surface area contributed by atoms with E-state index in [1.165, 1.54) is 11.3 Å². The average molecular weight is 325 g/mol. The highest BCUT2D eigenvalue weighted by Gasteiger charge is 2.12. The zero-order valence-electron chi connectivity index (χ0n) is 12.1. The number of nitrogens with zero attached hydrogens (tertiary/aromatic N) is 1. The molecule has 5 nitrogen and oxygen atoms in total. The maximum atomic E-state index is 12.0. The first-order valence-electron chi connectivity index (χ1n) is 6.59. The predicted octanol–water partition coefficient (Wildman–Crippen LogP) is 1.79. The molecule has 0 spiro atoms. The highest BCUT2D eigenvalue weighted by Crippen LogP contribution is 2.11. The van der Waals surface area contributed by atoms with Crippen molar-refractivity contribution in [1.82, 2.24) is 15.0 Å². The molecule has 0 saturated heterocycles. The van der Waals surface area contributed by atoms with Gasteiger partial charge < -0.3 is 5.32 Å². The summed E-state index contributed by atoms with van der Waals surface area (Å²) in [4.78, 5) is 4.24. The zero-order chi connectivity index (χ0) is 15.3. The number of hydrogen-bond acceptors (Lipinski definition) is 5. The smallest absolute Gasteiger partial charge is 0.216 e. The van der Waals surface area contributed by atoms with E-state index in [1.54, 1.807) is 0 Å². The van der Waals surface area contributed by atoms with Gasteiger partial charge in [-0.3, -0.25) is 0 Å². The molecule has 0 amide bonds. The Balaban J connectivity index is 1.93. The Morgan fingerprint density at radius 2 is 1.81 bits per heavy atom. The summed E-state index contributed by atoms with van der Waals surface area (Å²) in [7, 11) is -1.47. The van der Waals surface area contributed by atoms with Crippen LogP contribution in [0.5, 0.6) is 0 Å². The fourth-order valence-electron chi connectivity index (χ4n) is 1.88. The molecule has 0 unspecified atom stereocenters. The molecule has 1 heterocycles. The number of thiazole rings is 1. The van der Waals surface area contributed by atoms with Crippen LogP contribution in [0.1, 0.15) is 21.8 Å². The van der Waals surface area contributed by atoms with Gasteiger partial charge in [0.2, 0.25) is 10.0 Å². The summed E-state index contributed by atoms with van der Waals surface area (Å²) in [5.41, 5.74) is 2.82. The van der Waals surface area contributed by atoms with E-state index in [9.17, 15) is 8.42 Å². The van der Waals surface area contributed by atoms with Crippen LogP contribution in [0.3, 0.4) is 0 Å². The molecule has 7 heteroatoms. The van der Waals surface area contributed by atoms with E-state index < -0.39 is 10.0 Å². The highest BCUT2D eigenvalue weighted by molar-refractivity contribution is 7.88. The summed E-state index contributed by atoms with van der Waals surface area (Å²) >= 11 is 1.46. The van der Waals surface area contributed by atoms with Crippen molar-refractivity contribution in [2.75, 3.05) is 7.05 Å². The van der Waals surface area contributed by atoms with Crippen LogP contribution < -0.4 is 10.0 Å². The third-order valence-corrected chi connectivity index (χ3v) is 5.13. The SMILES string of the molecule is CNCc1ccc(CS(=O)(=O)NCc2nc(C)cs2)cc1. The molecule has 0 radical (unpaired) electrons. The van der Waals surface area contributed by atoms with Crippen molar-refractivity contribution in [1.29, 1.82) is 0 Å². The highest BCUT2D eigenvalue weighted by atomic mass is 32.2. The van der Waals surface area contributed by atoms with Gasteiger partial charge in [0.25, 0.3) is 0 Å². The zero-order valence-corrected chi connectivity index (χ0v) is 13.7. The lowest BCUT2D eigenvalue weighted by molar-refractivity contribution is 0.580. The van der Waals surface area contributed by atoms with Crippen molar-refractivity contribution in [3.05, 3.63) is 51.5 Å². The van der Waals surface area contributed by atoms with Crippen LogP contribution in [0, 0.1) is 6.92 Å². The molecule has 2 aromatic rings. The number of hydrogen-bond donors (Lipinski definition) is 2. The van der Waals surface area contributed by atoms with Crippen molar-refractivity contribution < 1.29 is 8.42 Å². The van der Waals surface area contributed by atoms with Gasteiger partial charge in [0.05, 0.1) is 12.3 Å². The van der Waals surface area contributed by atoms with Crippen molar-refractivity contribution in [3.63, 3.8) is 0 Å². The summed E-state index contributed by atoms with van der Waals surface area (Å²) in [5, 5.41) is 5.74. The molecule has 114 valence electrons. The fourth-order valence-corrected chi connectivity index (χ4v) is 3.78. The lowest BCUT2D eigenvalue weighted by atomic mass is 10.1. The van der Waals surface area contributed by atoms with E-state index in [1.807, 2.05) is 43.6 Å². The van der Waals surface area contributed by atoms with Gasteiger partial charge in [0.1, 0.15) is 5.01 Å². The Morgan fingerprint density at radius 1 is 1.14 bits per heavy atom. The van der Waals surface area contributed by atoms with Crippen molar-refractivity contribution in [3.8, 4) is 0 Å². The second-order valence-electron chi connectivity index (χ2n) is 4.81. The number of benzene rings is 1. The molecule has 0 saturated carbocycles. The first kappa shape index (κ1) is 16.1. The van der Waals surface area contributed by atoms with Crippen molar-refractivity contribution in [2.45, 2.75) is 25.8 Å². The summed E-state index contributed by atoms with van der Waals surface area (Å²) in [5.74, 6) is -0.0167. The molecule has 2 N–H and O–H groups in total. The predicted molar refractivity (Wildman–Crippen MR) is 85.5 cm³/mol. The van der Waals surface area contributed by atoms with Gasteiger partial charge in [-0.25, -0.2) is 18.1 Å². The molecule has 0 bridgehead atoms. The minimum absolute atomic E-state index is 0.0167. The Hall–Kier alpha value is -1.28. The van der Waals surface area contributed by atoms with E-state index in [-0.39, 0.29) is 12.3 Å². The van der Waals surface area contributed by atoms with Gasteiger partial charge in [-0.05, 0) is 25.1 Å². The minimum atomic E-state index is -3.35. The van der Waals surface area contributed by atoms with Crippen molar-refractivity contribution in [2.24, 2.45) is 0 Å². The largest absolute Gasteiger partial charge is 0.316 e. The van der Waals surface area contributed by atoms with Crippen LogP contribution in [0.4, 0.5) is 0 Å². The second-order valence-corrected chi connectivity index (χ2v) is 7.56. The molecule has 0 aliphatic carbocycles. The molecule has 21 heavy (non-hydrogen) atoms. The summed E-state index contributed by atoms with van der Waals surface area (Å²) in [6, 6.07) is 7.57. The number of aromatic nitrogens is 1. The average Bonchev–Trinajstić information content (AvgIpc) is 2.85. The van der Waals surface area contributed by atoms with E-state index in [0.29, 0.717) is 0 Å². The van der Waals surface area contributed by atoms with Gasteiger partial charge in [0.15, 0.2) is 0 Å². The van der Waals surface area contributed by atoms with E-state index in [2.05, 4.69) is 15.0 Å². The van der Waals surface area contributed by atoms with Crippen molar-refractivity contribution >= 4 is 21.4 Å². The number of sulfonamides is 1. The molecule has 0 fully saturated rings. The minimum Gasteiger partial charge on any atom is -0.316 e. The lowest BCUT2D eigenvalue weighted by Gasteiger charge is -2.06. The number of nitrogens with one attached hydrogen (secondary N) is 2. The van der Waals surface area contributed by atoms with Crippen LogP contribution >= 0.6 is 11.3 Å². The van der Waals surface area contributed by atoms with Crippen LogP contribution in [-0.4, -0.2) is 20.4 Å². The van der Waals surface area contributed by atoms with E-state index in [0.717, 1.165) is 28.4 Å². The van der Waals surface area contributed by atoms with Crippen LogP contribution in [0.2, 0.25) is 0 Å². The molecule has 1 aromatic heterocycles. The standard InChI is InChI=1S/C14H19N3O2S2/c1-11-9-20-14(17-11)8-16-21(18,19)10-13-5-3-12(4-6-13)7-15-2/h3-6,9,15-16H,7-8,10H2,1-2H3. The van der Waals surface area contributed by atoms with Gasteiger partial charge in [-0.1, -0.05) is 24.3 Å². The number of aryl methyl sites for hydroxylation is 1. The van der Waals surface area contributed by atoms with Crippen LogP contribution in [-0.2, 0) is 28.9 Å². The van der Waals surface area contributed by atoms with E-state index >= 15 is 0 Å². The maximum Gasteiger partial charge on any atom is 0.216 e. The Bertz CT molecular complexity index is 678. The fraction of sp³-hybridized carbons (Fsp3) is 0.357. The molecular formula is C14H19N3O2S2. The molecule has 2 rings (SSSR count). The first-order valence-corrected chi connectivity index (χ1v) is 9.12. The third kappa shape index (κ3) is 5.20. The Labute approximate surface area is 129 Å². The van der Waals surface area contributed by atoms with Crippen LogP contribution in [0.15, 0.2) is 29.6 Å². The topological polar surface area (TPSA) is 71.1 Å². The Kier molecular flexibility index (Phi) is 5.46. The summed E-state index contributed by atoms with van der Waals surface area (Å²) < 4.78 is 26.7. The van der Waals surface area contributed by atoms with Gasteiger partial charge >= 0.3 is 0 Å². The molecular weight excluding hydrogens is 306 g/mol. The second kappa shape index (κ2) is 7.13. The van der Waals surface area contributed by atoms with Crippen LogP contribution in [0.25, 0.3) is 0 Å². The van der Waals surface area contributed by atoms with Gasteiger partial charge in [0, 0.05) is 17.6 Å².